The zero-order valence-electron chi connectivity index (χ0n) is 12.2. The van der Waals surface area contributed by atoms with Crippen molar-refractivity contribution in [2.24, 2.45) is 5.92 Å². The molecule has 2 unspecified atom stereocenters. The normalized spacial score (nSPS) is 30.3. The topological polar surface area (TPSA) is 49.4 Å². The molecule has 2 aliphatic rings. The van der Waals surface area contributed by atoms with Crippen molar-refractivity contribution in [3.63, 3.8) is 0 Å². The molecule has 19 heavy (non-hydrogen) atoms. The van der Waals surface area contributed by atoms with Crippen LogP contribution in [-0.4, -0.2) is 46.3 Å². The summed E-state index contributed by atoms with van der Waals surface area (Å²) in [7, 11) is 0. The predicted molar refractivity (Wildman–Crippen MR) is 78.0 cm³/mol. The van der Waals surface area contributed by atoms with Gasteiger partial charge in [0.2, 0.25) is 11.8 Å². The van der Waals surface area contributed by atoms with E-state index < -0.39 is 0 Å². The van der Waals surface area contributed by atoms with Crippen molar-refractivity contribution < 1.29 is 9.59 Å². The second-order valence-corrected chi connectivity index (χ2v) is 7.39. The van der Waals surface area contributed by atoms with Gasteiger partial charge in [-0.15, -0.1) is 0 Å². The first-order valence-electron chi connectivity index (χ1n) is 7.06. The third kappa shape index (κ3) is 2.62. The van der Waals surface area contributed by atoms with Gasteiger partial charge in [0, 0.05) is 11.3 Å². The molecule has 1 aliphatic carbocycles. The highest BCUT2D eigenvalue weighted by Gasteiger charge is 2.45. The summed E-state index contributed by atoms with van der Waals surface area (Å²) in [6.07, 6.45) is 5.65. The van der Waals surface area contributed by atoms with Crippen LogP contribution in [0.15, 0.2) is 0 Å². The Morgan fingerprint density at radius 1 is 1.42 bits per heavy atom. The maximum Gasteiger partial charge on any atom is 0.246 e. The van der Waals surface area contributed by atoms with Gasteiger partial charge in [0.05, 0.1) is 0 Å². The highest BCUT2D eigenvalue weighted by Crippen LogP contribution is 2.44. The van der Waals surface area contributed by atoms with Crippen molar-refractivity contribution in [1.29, 1.82) is 0 Å². The standard InChI is InChI=1S/C14H24N2O2S/c1-9(2)11-13(18)16(10(3)12(17)15-11)8-14(19-4)6-5-7-14/h9-11H,5-8H2,1-4H3,(H,15,17). The molecule has 1 N–H and O–H groups in total. The van der Waals surface area contributed by atoms with E-state index in [0.29, 0.717) is 6.54 Å². The van der Waals surface area contributed by atoms with Crippen LogP contribution in [0.5, 0.6) is 0 Å². The van der Waals surface area contributed by atoms with E-state index in [1.54, 1.807) is 4.90 Å². The number of carbonyl (C=O) groups is 2. The summed E-state index contributed by atoms with van der Waals surface area (Å²) in [6.45, 7) is 6.50. The van der Waals surface area contributed by atoms with Crippen LogP contribution in [0, 0.1) is 5.92 Å². The van der Waals surface area contributed by atoms with E-state index in [1.807, 2.05) is 32.5 Å². The monoisotopic (exact) mass is 284 g/mol. The molecule has 0 aromatic carbocycles. The summed E-state index contributed by atoms with van der Waals surface area (Å²) >= 11 is 1.84. The SMILES string of the molecule is CSC1(CN2C(=O)C(C(C)C)NC(=O)C2C)CCC1. The van der Waals surface area contributed by atoms with Crippen LogP contribution >= 0.6 is 11.8 Å². The fraction of sp³-hybridized carbons (Fsp3) is 0.857. The molecular formula is C14H24N2O2S. The van der Waals surface area contributed by atoms with E-state index in [9.17, 15) is 9.59 Å². The largest absolute Gasteiger partial charge is 0.342 e. The van der Waals surface area contributed by atoms with Crippen molar-refractivity contribution in [1.82, 2.24) is 10.2 Å². The Morgan fingerprint density at radius 3 is 2.47 bits per heavy atom. The highest BCUT2D eigenvalue weighted by atomic mass is 32.2. The molecule has 2 amide bonds. The summed E-state index contributed by atoms with van der Waals surface area (Å²) < 4.78 is 0.184. The summed E-state index contributed by atoms with van der Waals surface area (Å²) in [6, 6.07) is -0.699. The first-order valence-corrected chi connectivity index (χ1v) is 8.29. The van der Waals surface area contributed by atoms with Gasteiger partial charge in [0.25, 0.3) is 0 Å². The molecule has 0 spiro atoms. The number of rotatable bonds is 4. The minimum absolute atomic E-state index is 0.0196. The maximum absolute atomic E-state index is 12.6. The number of nitrogens with zero attached hydrogens (tertiary/aromatic N) is 1. The Kier molecular flexibility index (Phi) is 4.14. The third-order valence-corrected chi connectivity index (χ3v) is 5.92. The second-order valence-electron chi connectivity index (χ2n) is 6.11. The van der Waals surface area contributed by atoms with Crippen molar-refractivity contribution in [2.45, 2.75) is 56.9 Å². The smallest absolute Gasteiger partial charge is 0.246 e. The molecule has 4 nitrogen and oxygen atoms in total. The third-order valence-electron chi connectivity index (χ3n) is 4.52. The van der Waals surface area contributed by atoms with Gasteiger partial charge in [0.15, 0.2) is 0 Å². The Hall–Kier alpha value is -0.710. The molecule has 0 aromatic rings. The lowest BCUT2D eigenvalue weighted by Crippen LogP contribution is -2.66. The minimum Gasteiger partial charge on any atom is -0.342 e. The maximum atomic E-state index is 12.6. The Morgan fingerprint density at radius 2 is 2.05 bits per heavy atom. The Labute approximate surface area is 119 Å². The zero-order valence-corrected chi connectivity index (χ0v) is 13.0. The first-order chi connectivity index (χ1) is 8.90. The molecule has 0 aromatic heterocycles. The van der Waals surface area contributed by atoms with E-state index in [4.69, 9.17) is 0 Å². The molecule has 2 atom stereocenters. The number of hydrogen-bond acceptors (Lipinski definition) is 3. The van der Waals surface area contributed by atoms with Crippen LogP contribution in [0.1, 0.15) is 40.0 Å². The van der Waals surface area contributed by atoms with Gasteiger partial charge in [-0.05, 0) is 31.9 Å². The molecule has 2 rings (SSSR count). The first kappa shape index (κ1) is 14.7. The molecule has 0 bridgehead atoms. The van der Waals surface area contributed by atoms with E-state index in [-0.39, 0.29) is 34.6 Å². The average Bonchev–Trinajstić information content (AvgIpc) is 2.32. The molecule has 2 fully saturated rings. The molecule has 0 radical (unpaired) electrons. The fourth-order valence-corrected chi connectivity index (χ4v) is 3.79. The Balaban J connectivity index is 2.16. The van der Waals surface area contributed by atoms with Crippen LogP contribution in [0.2, 0.25) is 0 Å². The lowest BCUT2D eigenvalue weighted by Gasteiger charge is -2.47. The van der Waals surface area contributed by atoms with Gasteiger partial charge in [-0.25, -0.2) is 0 Å². The van der Waals surface area contributed by atoms with Crippen LogP contribution in [0.25, 0.3) is 0 Å². The number of nitrogens with one attached hydrogen (secondary N) is 1. The van der Waals surface area contributed by atoms with Gasteiger partial charge in [-0.3, -0.25) is 9.59 Å². The van der Waals surface area contributed by atoms with Gasteiger partial charge < -0.3 is 10.2 Å². The van der Waals surface area contributed by atoms with Gasteiger partial charge in [0.1, 0.15) is 12.1 Å². The Bertz CT molecular complexity index is 374. The van der Waals surface area contributed by atoms with Crippen molar-refractivity contribution >= 4 is 23.6 Å². The van der Waals surface area contributed by atoms with Crippen LogP contribution < -0.4 is 5.32 Å². The minimum atomic E-state index is -0.359. The number of hydrogen-bond donors (Lipinski definition) is 1. The van der Waals surface area contributed by atoms with Crippen LogP contribution in [0.3, 0.4) is 0 Å². The highest BCUT2D eigenvalue weighted by molar-refractivity contribution is 8.00. The number of amides is 2. The lowest BCUT2D eigenvalue weighted by molar-refractivity contribution is -0.150. The van der Waals surface area contributed by atoms with E-state index in [2.05, 4.69) is 11.6 Å². The van der Waals surface area contributed by atoms with Gasteiger partial charge in [-0.1, -0.05) is 20.3 Å². The number of piperazine rings is 1. The van der Waals surface area contributed by atoms with E-state index in [1.165, 1.54) is 6.42 Å². The summed E-state index contributed by atoms with van der Waals surface area (Å²) in [5, 5.41) is 2.85. The fourth-order valence-electron chi connectivity index (χ4n) is 2.82. The molecule has 1 aliphatic heterocycles. The predicted octanol–water partition coefficient (Wildman–Crippen LogP) is 1.64. The number of thioether (sulfide) groups is 1. The van der Waals surface area contributed by atoms with Gasteiger partial charge >= 0.3 is 0 Å². The molecular weight excluding hydrogens is 260 g/mol. The summed E-state index contributed by atoms with van der Waals surface area (Å²) in [5.41, 5.74) is 0. The average molecular weight is 284 g/mol. The van der Waals surface area contributed by atoms with Crippen molar-refractivity contribution in [3.05, 3.63) is 0 Å². The van der Waals surface area contributed by atoms with Crippen molar-refractivity contribution in [2.75, 3.05) is 12.8 Å². The van der Waals surface area contributed by atoms with Gasteiger partial charge in [-0.2, -0.15) is 11.8 Å². The van der Waals surface area contributed by atoms with E-state index in [0.717, 1.165) is 12.8 Å². The zero-order chi connectivity index (χ0) is 14.2. The second kappa shape index (κ2) is 5.35. The molecule has 1 saturated heterocycles. The molecule has 1 saturated carbocycles. The lowest BCUT2D eigenvalue weighted by atomic mass is 9.83. The quantitative estimate of drug-likeness (QED) is 0.854. The van der Waals surface area contributed by atoms with E-state index >= 15 is 0 Å². The van der Waals surface area contributed by atoms with Crippen LogP contribution in [0.4, 0.5) is 0 Å². The molecule has 108 valence electrons. The summed E-state index contributed by atoms with van der Waals surface area (Å²) in [4.78, 5) is 26.4. The number of carbonyl (C=O) groups excluding carboxylic acids is 2. The van der Waals surface area contributed by atoms with Crippen LogP contribution in [-0.2, 0) is 9.59 Å². The molecule has 1 heterocycles. The summed E-state index contributed by atoms with van der Waals surface area (Å²) in [5.74, 6) is 0.203. The van der Waals surface area contributed by atoms with Crippen molar-refractivity contribution in [3.8, 4) is 0 Å². The molecule has 5 heteroatoms.